The summed E-state index contributed by atoms with van der Waals surface area (Å²) < 4.78 is 49.1. The van der Waals surface area contributed by atoms with Crippen molar-refractivity contribution in [3.8, 4) is 6.07 Å². The predicted molar refractivity (Wildman–Crippen MR) is 143 cm³/mol. The van der Waals surface area contributed by atoms with Gasteiger partial charge in [-0.15, -0.1) is 0 Å². The first kappa shape index (κ1) is 26.8. The molecule has 1 amide bonds. The van der Waals surface area contributed by atoms with Crippen LogP contribution < -0.4 is 0 Å². The molecule has 6 rings (SSSR count). The largest absolute Gasteiger partial charge is 0.444 e. The Bertz CT molecular complexity index is 1640. The Morgan fingerprint density at radius 2 is 2.03 bits per heavy atom. The van der Waals surface area contributed by atoms with Crippen molar-refractivity contribution in [1.82, 2.24) is 19.4 Å². The first-order chi connectivity index (χ1) is 17.8. The van der Waals surface area contributed by atoms with Gasteiger partial charge in [-0.25, -0.2) is 27.6 Å². The van der Waals surface area contributed by atoms with Crippen LogP contribution in [0, 0.1) is 23.1 Å². The SMILES string of the molecule is CCc1nc2c(S(C)(=O)=O)nc3c(F)c(Br)c(CCC#N)cc3c2n1C1C2CC1N(C(=O)OC(C)(C)C)C2. The number of imidazole rings is 1. The van der Waals surface area contributed by atoms with Gasteiger partial charge in [0.05, 0.1) is 28.1 Å². The lowest BCUT2D eigenvalue weighted by molar-refractivity contribution is 0.0209. The number of nitrogens with zero attached hydrogens (tertiary/aromatic N) is 5. The summed E-state index contributed by atoms with van der Waals surface area (Å²) >= 11 is 3.28. The number of ether oxygens (including phenoxy) is 1. The summed E-state index contributed by atoms with van der Waals surface area (Å²) in [5.41, 5.74) is 0.560. The van der Waals surface area contributed by atoms with E-state index in [0.29, 0.717) is 41.7 Å². The Labute approximate surface area is 229 Å². The van der Waals surface area contributed by atoms with Crippen molar-refractivity contribution in [3.05, 3.63) is 27.7 Å². The molecule has 202 valence electrons. The monoisotopic (exact) mass is 605 g/mol. The molecule has 3 aliphatic rings. The van der Waals surface area contributed by atoms with Gasteiger partial charge in [0, 0.05) is 36.9 Å². The van der Waals surface area contributed by atoms with E-state index in [9.17, 15) is 13.2 Å². The Balaban J connectivity index is 1.77. The molecule has 2 saturated heterocycles. The van der Waals surface area contributed by atoms with Crippen molar-refractivity contribution >= 4 is 53.8 Å². The second-order valence-electron chi connectivity index (χ2n) is 11.0. The first-order valence-electron chi connectivity index (χ1n) is 12.5. The number of aromatic nitrogens is 3. The van der Waals surface area contributed by atoms with Crippen molar-refractivity contribution in [3.63, 3.8) is 0 Å². The molecule has 3 fully saturated rings. The Hall–Kier alpha value is -2.78. The van der Waals surface area contributed by atoms with Crippen LogP contribution in [0.3, 0.4) is 0 Å². The van der Waals surface area contributed by atoms with Gasteiger partial charge in [-0.3, -0.25) is 0 Å². The molecule has 2 bridgehead atoms. The van der Waals surface area contributed by atoms with E-state index in [1.807, 2.05) is 32.3 Å². The molecule has 3 aromatic rings. The number of amides is 1. The summed E-state index contributed by atoms with van der Waals surface area (Å²) in [4.78, 5) is 23.7. The summed E-state index contributed by atoms with van der Waals surface area (Å²) in [6, 6.07) is 3.54. The number of hydrogen-bond acceptors (Lipinski definition) is 7. The smallest absolute Gasteiger partial charge is 0.410 e. The molecule has 1 aromatic carbocycles. The average molecular weight is 607 g/mol. The van der Waals surface area contributed by atoms with Crippen molar-refractivity contribution in [2.45, 2.75) is 76.1 Å². The third kappa shape index (κ3) is 4.24. The number of aryl methyl sites for hydroxylation is 2. The highest BCUT2D eigenvalue weighted by Crippen LogP contribution is 2.52. The van der Waals surface area contributed by atoms with Crippen molar-refractivity contribution in [2.75, 3.05) is 12.8 Å². The summed E-state index contributed by atoms with van der Waals surface area (Å²) in [6.45, 7) is 7.91. The van der Waals surface area contributed by atoms with Gasteiger partial charge in [-0.2, -0.15) is 5.26 Å². The molecule has 3 unspecified atom stereocenters. The van der Waals surface area contributed by atoms with Crippen LogP contribution in [-0.2, 0) is 27.4 Å². The second-order valence-corrected chi connectivity index (χ2v) is 13.8. The van der Waals surface area contributed by atoms with Gasteiger partial charge >= 0.3 is 6.09 Å². The molecule has 2 aromatic heterocycles. The fourth-order valence-electron chi connectivity index (χ4n) is 5.70. The zero-order chi connectivity index (χ0) is 27.7. The molecule has 38 heavy (non-hydrogen) atoms. The van der Waals surface area contributed by atoms with Crippen LogP contribution in [-0.4, -0.2) is 58.4 Å². The first-order valence-corrected chi connectivity index (χ1v) is 15.2. The van der Waals surface area contributed by atoms with Gasteiger partial charge in [0.1, 0.15) is 22.5 Å². The lowest BCUT2D eigenvalue weighted by Crippen LogP contribution is -2.44. The van der Waals surface area contributed by atoms with E-state index in [-0.39, 0.29) is 51.0 Å². The number of carbonyl (C=O) groups is 1. The summed E-state index contributed by atoms with van der Waals surface area (Å²) in [5.74, 6) is 0.0883. The highest BCUT2D eigenvalue weighted by atomic mass is 79.9. The number of pyridine rings is 1. The Morgan fingerprint density at radius 1 is 1.32 bits per heavy atom. The van der Waals surface area contributed by atoms with Crippen LogP contribution in [0.25, 0.3) is 21.9 Å². The zero-order valence-electron chi connectivity index (χ0n) is 21.9. The van der Waals surface area contributed by atoms with Crippen LogP contribution in [0.2, 0.25) is 0 Å². The highest BCUT2D eigenvalue weighted by Gasteiger charge is 2.56. The van der Waals surface area contributed by atoms with Gasteiger partial charge in [0.2, 0.25) is 0 Å². The normalized spacial score (nSPS) is 21.1. The van der Waals surface area contributed by atoms with Gasteiger partial charge in [0.25, 0.3) is 0 Å². The van der Waals surface area contributed by atoms with E-state index in [1.165, 1.54) is 0 Å². The molecule has 0 radical (unpaired) electrons. The molecule has 0 N–H and O–H groups in total. The minimum Gasteiger partial charge on any atom is -0.444 e. The number of sulfone groups is 1. The maximum absolute atomic E-state index is 15.7. The highest BCUT2D eigenvalue weighted by molar-refractivity contribution is 9.10. The zero-order valence-corrected chi connectivity index (χ0v) is 24.3. The van der Waals surface area contributed by atoms with E-state index in [2.05, 4.69) is 27.0 Å². The number of carbonyl (C=O) groups excluding carboxylic acids is 1. The fraction of sp³-hybridized carbons (Fsp3) is 0.538. The van der Waals surface area contributed by atoms with Crippen LogP contribution in [0.4, 0.5) is 9.18 Å². The fourth-order valence-corrected chi connectivity index (χ4v) is 6.95. The van der Waals surface area contributed by atoms with Crippen LogP contribution in [0.5, 0.6) is 0 Å². The van der Waals surface area contributed by atoms with Crippen LogP contribution in [0.1, 0.15) is 58.0 Å². The van der Waals surface area contributed by atoms with Crippen LogP contribution in [0.15, 0.2) is 15.6 Å². The van der Waals surface area contributed by atoms with Crippen molar-refractivity contribution < 1.29 is 22.3 Å². The maximum atomic E-state index is 15.7. The lowest BCUT2D eigenvalue weighted by atomic mass is 9.79. The minimum absolute atomic E-state index is 0.0787. The van der Waals surface area contributed by atoms with Gasteiger partial charge in [-0.05, 0) is 61.2 Å². The molecule has 1 saturated carbocycles. The molecule has 3 atom stereocenters. The average Bonchev–Trinajstić information content (AvgIpc) is 3.50. The van der Waals surface area contributed by atoms with Crippen LogP contribution >= 0.6 is 15.9 Å². The van der Waals surface area contributed by atoms with Gasteiger partial charge in [-0.1, -0.05) is 6.92 Å². The Kier molecular flexibility index (Phi) is 6.46. The molecule has 12 heteroatoms. The minimum atomic E-state index is -3.85. The topological polar surface area (TPSA) is 118 Å². The predicted octanol–water partition coefficient (Wildman–Crippen LogP) is 5.09. The Morgan fingerprint density at radius 3 is 2.63 bits per heavy atom. The standard InChI is InChI=1S/C26H29BrFN5O4S/c1-6-17-30-21-23(33(17)22-14-11-16(22)32(12-14)25(34)37-26(2,3)4)15-10-13(8-7-9-29)18(27)19(28)20(15)31-24(21)38(5,35)36/h10,14,16,22H,6-8,11-12H2,1-5H3. The van der Waals surface area contributed by atoms with E-state index in [1.54, 1.807) is 11.0 Å². The maximum Gasteiger partial charge on any atom is 0.410 e. The number of nitriles is 1. The van der Waals surface area contributed by atoms with E-state index >= 15 is 4.39 Å². The summed E-state index contributed by atoms with van der Waals surface area (Å²) in [6.07, 6.45) is 2.46. The molecule has 1 aliphatic carbocycles. The van der Waals surface area contributed by atoms with E-state index in [0.717, 1.165) is 12.7 Å². The molecular weight excluding hydrogens is 577 g/mol. The summed E-state index contributed by atoms with van der Waals surface area (Å²) in [5, 5.41) is 9.26. The molecule has 9 nitrogen and oxygen atoms in total. The third-order valence-electron chi connectivity index (χ3n) is 7.26. The lowest BCUT2D eigenvalue weighted by Gasteiger charge is -2.39. The van der Waals surface area contributed by atoms with E-state index in [4.69, 9.17) is 15.0 Å². The van der Waals surface area contributed by atoms with Gasteiger partial charge < -0.3 is 14.2 Å². The van der Waals surface area contributed by atoms with Gasteiger partial charge in [0.15, 0.2) is 20.7 Å². The third-order valence-corrected chi connectivity index (χ3v) is 9.11. The number of fused-ring (bicyclic) bond motifs is 4. The number of benzene rings is 1. The molecule has 0 spiro atoms. The molecule has 4 heterocycles. The quantitative estimate of drug-likeness (QED) is 0.397. The number of hydrogen-bond donors (Lipinski definition) is 0. The molecule has 2 aliphatic heterocycles. The van der Waals surface area contributed by atoms with Crippen molar-refractivity contribution in [2.24, 2.45) is 5.92 Å². The number of halogens is 2. The molecular formula is C26H29BrFN5O4S. The van der Waals surface area contributed by atoms with Crippen molar-refractivity contribution in [1.29, 1.82) is 5.26 Å². The summed E-state index contributed by atoms with van der Waals surface area (Å²) in [7, 11) is -3.85. The number of rotatable bonds is 5. The van der Waals surface area contributed by atoms with E-state index < -0.39 is 21.3 Å². The second kappa shape index (κ2) is 9.16.